The van der Waals surface area contributed by atoms with Crippen molar-refractivity contribution in [3.8, 4) is 11.5 Å². The number of phenols is 1. The topological polar surface area (TPSA) is 29.5 Å². The SMILES string of the molecule is CCCCCc1cc(O)c2c(c1)OC(C)(C)[C@@H]1CC(C)C(C)=C[C@@H]21. The van der Waals surface area contributed by atoms with E-state index in [2.05, 4.69) is 46.8 Å². The Morgan fingerprint density at radius 1 is 1.25 bits per heavy atom. The number of fused-ring (bicyclic) bond motifs is 3. The molecule has 1 aliphatic carbocycles. The summed E-state index contributed by atoms with van der Waals surface area (Å²) in [7, 11) is 0. The maximum absolute atomic E-state index is 10.7. The first-order valence-electron chi connectivity index (χ1n) is 9.56. The molecule has 0 amide bonds. The van der Waals surface area contributed by atoms with Gasteiger partial charge in [-0.3, -0.25) is 0 Å². The molecule has 0 fully saturated rings. The Balaban J connectivity index is 2.00. The molecule has 1 aromatic carbocycles. The molecule has 1 aliphatic heterocycles. The lowest BCUT2D eigenvalue weighted by Gasteiger charge is -2.47. The Morgan fingerprint density at radius 2 is 2.00 bits per heavy atom. The standard InChI is InChI=1S/C22H32O2/c1-6-7-8-9-16-12-19(23)21-17-10-14(2)15(3)11-18(17)22(4,5)24-20(21)13-16/h10,12-13,15,17-18,23H,6-9,11H2,1-5H3/t15?,17-,18-/m1/s1. The molecule has 1 N–H and O–H groups in total. The van der Waals surface area contributed by atoms with E-state index < -0.39 is 0 Å². The number of rotatable bonds is 4. The van der Waals surface area contributed by atoms with Gasteiger partial charge < -0.3 is 9.84 Å². The summed E-state index contributed by atoms with van der Waals surface area (Å²) in [5.41, 5.74) is 3.44. The lowest BCUT2D eigenvalue weighted by molar-refractivity contribution is 0.00483. The van der Waals surface area contributed by atoms with E-state index in [9.17, 15) is 5.11 Å². The van der Waals surface area contributed by atoms with Gasteiger partial charge in [0, 0.05) is 17.4 Å². The average Bonchev–Trinajstić information content (AvgIpc) is 2.49. The van der Waals surface area contributed by atoms with E-state index in [1.165, 1.54) is 30.4 Å². The summed E-state index contributed by atoms with van der Waals surface area (Å²) in [4.78, 5) is 0. The lowest BCUT2D eigenvalue weighted by Crippen LogP contribution is -2.46. The van der Waals surface area contributed by atoms with Crippen LogP contribution in [0, 0.1) is 11.8 Å². The third-order valence-corrected chi connectivity index (χ3v) is 6.11. The highest BCUT2D eigenvalue weighted by molar-refractivity contribution is 5.54. The van der Waals surface area contributed by atoms with Gasteiger partial charge in [-0.15, -0.1) is 0 Å². The van der Waals surface area contributed by atoms with Gasteiger partial charge in [-0.2, -0.15) is 0 Å². The third kappa shape index (κ3) is 3.08. The van der Waals surface area contributed by atoms with Crippen LogP contribution in [0.1, 0.15) is 77.3 Å². The average molecular weight is 328 g/mol. The van der Waals surface area contributed by atoms with E-state index in [4.69, 9.17) is 4.74 Å². The van der Waals surface area contributed by atoms with Crippen LogP contribution in [0.3, 0.4) is 0 Å². The zero-order chi connectivity index (χ0) is 17.5. The monoisotopic (exact) mass is 328 g/mol. The fourth-order valence-electron chi connectivity index (χ4n) is 4.45. The molecule has 0 saturated heterocycles. The van der Waals surface area contributed by atoms with Gasteiger partial charge in [0.2, 0.25) is 0 Å². The number of allylic oxidation sites excluding steroid dienone is 2. The van der Waals surface area contributed by atoms with Crippen LogP contribution in [-0.2, 0) is 6.42 Å². The first-order valence-corrected chi connectivity index (χ1v) is 9.56. The first kappa shape index (κ1) is 17.4. The van der Waals surface area contributed by atoms with E-state index in [0.29, 0.717) is 17.6 Å². The summed E-state index contributed by atoms with van der Waals surface area (Å²) >= 11 is 0. The molecule has 1 unspecified atom stereocenters. The number of hydrogen-bond acceptors (Lipinski definition) is 2. The molecule has 0 saturated carbocycles. The zero-order valence-electron chi connectivity index (χ0n) is 15.9. The summed E-state index contributed by atoms with van der Waals surface area (Å²) in [6.07, 6.45) is 8.12. The van der Waals surface area contributed by atoms with Gasteiger partial charge in [0.1, 0.15) is 17.1 Å². The van der Waals surface area contributed by atoms with Crippen molar-refractivity contribution in [3.05, 3.63) is 34.9 Å². The van der Waals surface area contributed by atoms with E-state index in [1.54, 1.807) is 0 Å². The molecule has 132 valence electrons. The molecule has 0 spiro atoms. The number of aryl methyl sites for hydroxylation is 1. The van der Waals surface area contributed by atoms with Crippen molar-refractivity contribution >= 4 is 0 Å². The van der Waals surface area contributed by atoms with Gasteiger partial charge in [0.25, 0.3) is 0 Å². The molecule has 24 heavy (non-hydrogen) atoms. The van der Waals surface area contributed by atoms with Crippen molar-refractivity contribution in [3.63, 3.8) is 0 Å². The minimum absolute atomic E-state index is 0.197. The van der Waals surface area contributed by atoms with Crippen LogP contribution in [0.15, 0.2) is 23.8 Å². The zero-order valence-corrected chi connectivity index (χ0v) is 15.9. The second-order valence-corrected chi connectivity index (χ2v) is 8.37. The molecule has 1 aromatic rings. The van der Waals surface area contributed by atoms with Crippen molar-refractivity contribution < 1.29 is 9.84 Å². The van der Waals surface area contributed by atoms with Crippen LogP contribution >= 0.6 is 0 Å². The Hall–Kier alpha value is -1.44. The molecular formula is C22H32O2. The van der Waals surface area contributed by atoms with Crippen LogP contribution < -0.4 is 4.74 Å². The molecule has 2 nitrogen and oxygen atoms in total. The van der Waals surface area contributed by atoms with Crippen molar-refractivity contribution in [2.45, 2.75) is 78.2 Å². The number of hydrogen-bond donors (Lipinski definition) is 1. The molecule has 1 heterocycles. The van der Waals surface area contributed by atoms with Crippen LogP contribution in [0.25, 0.3) is 0 Å². The number of phenolic OH excluding ortho intramolecular Hbond substituents is 1. The van der Waals surface area contributed by atoms with Gasteiger partial charge in [-0.05, 0) is 63.6 Å². The summed E-state index contributed by atoms with van der Waals surface area (Å²) in [5.74, 6) is 2.59. The highest BCUT2D eigenvalue weighted by Gasteiger charge is 2.46. The predicted molar refractivity (Wildman–Crippen MR) is 99.8 cm³/mol. The summed E-state index contributed by atoms with van der Waals surface area (Å²) in [6, 6.07) is 4.14. The Labute approximate surface area is 146 Å². The second kappa shape index (κ2) is 6.46. The maximum atomic E-state index is 10.7. The molecule has 0 radical (unpaired) electrons. The van der Waals surface area contributed by atoms with E-state index in [1.807, 2.05) is 6.07 Å². The summed E-state index contributed by atoms with van der Waals surface area (Å²) < 4.78 is 6.41. The third-order valence-electron chi connectivity index (χ3n) is 6.11. The van der Waals surface area contributed by atoms with Crippen molar-refractivity contribution in [2.24, 2.45) is 11.8 Å². The minimum atomic E-state index is -0.197. The van der Waals surface area contributed by atoms with Crippen molar-refractivity contribution in [2.75, 3.05) is 0 Å². The molecular weight excluding hydrogens is 296 g/mol. The quantitative estimate of drug-likeness (QED) is 0.544. The minimum Gasteiger partial charge on any atom is -0.507 e. The smallest absolute Gasteiger partial charge is 0.127 e. The van der Waals surface area contributed by atoms with Crippen LogP contribution in [0.4, 0.5) is 0 Å². The fourth-order valence-corrected chi connectivity index (χ4v) is 4.45. The number of ether oxygens (including phenoxy) is 1. The second-order valence-electron chi connectivity index (χ2n) is 8.37. The largest absolute Gasteiger partial charge is 0.507 e. The molecule has 0 aromatic heterocycles. The van der Waals surface area contributed by atoms with Crippen molar-refractivity contribution in [1.29, 1.82) is 0 Å². The van der Waals surface area contributed by atoms with Crippen molar-refractivity contribution in [1.82, 2.24) is 0 Å². The van der Waals surface area contributed by atoms with Gasteiger partial charge in [0.15, 0.2) is 0 Å². The van der Waals surface area contributed by atoms with Gasteiger partial charge >= 0.3 is 0 Å². The molecule has 3 rings (SSSR count). The van der Waals surface area contributed by atoms with E-state index in [0.717, 1.165) is 24.2 Å². The highest BCUT2D eigenvalue weighted by atomic mass is 16.5. The molecule has 3 atom stereocenters. The Morgan fingerprint density at radius 3 is 2.71 bits per heavy atom. The lowest BCUT2D eigenvalue weighted by atomic mass is 9.65. The van der Waals surface area contributed by atoms with Gasteiger partial charge in [0.05, 0.1) is 0 Å². The number of aromatic hydroxyl groups is 1. The van der Waals surface area contributed by atoms with Gasteiger partial charge in [-0.1, -0.05) is 38.3 Å². The predicted octanol–water partition coefficient (Wildman–Crippen LogP) is 5.98. The molecule has 2 heteroatoms. The molecule has 0 bridgehead atoms. The molecule has 2 aliphatic rings. The Bertz CT molecular complexity index is 642. The number of benzene rings is 1. The normalized spacial score (nSPS) is 27.7. The maximum Gasteiger partial charge on any atom is 0.127 e. The van der Waals surface area contributed by atoms with E-state index >= 15 is 0 Å². The first-order chi connectivity index (χ1) is 11.3. The highest BCUT2D eigenvalue weighted by Crippen LogP contribution is 2.54. The Kier molecular flexibility index (Phi) is 4.68. The summed E-state index contributed by atoms with van der Waals surface area (Å²) in [6.45, 7) is 11.1. The van der Waals surface area contributed by atoms with Gasteiger partial charge in [-0.25, -0.2) is 0 Å². The van der Waals surface area contributed by atoms with Crippen LogP contribution in [-0.4, -0.2) is 10.7 Å². The van der Waals surface area contributed by atoms with E-state index in [-0.39, 0.29) is 11.5 Å². The van der Waals surface area contributed by atoms with Crippen LogP contribution in [0.5, 0.6) is 11.5 Å². The summed E-state index contributed by atoms with van der Waals surface area (Å²) in [5, 5.41) is 10.7. The van der Waals surface area contributed by atoms with Crippen LogP contribution in [0.2, 0.25) is 0 Å². The number of unbranched alkanes of at least 4 members (excludes halogenated alkanes) is 2. The fraction of sp³-hybridized carbons (Fsp3) is 0.636.